The summed E-state index contributed by atoms with van der Waals surface area (Å²) in [5.74, 6) is 0.0753. The van der Waals surface area contributed by atoms with Crippen LogP contribution in [0.2, 0.25) is 0 Å². The predicted octanol–water partition coefficient (Wildman–Crippen LogP) is 1.84. The summed E-state index contributed by atoms with van der Waals surface area (Å²) in [5.41, 5.74) is 3.01. The number of carbonyl (C=O) groups excluding carboxylic acids is 1. The Kier molecular flexibility index (Phi) is 6.29. The highest BCUT2D eigenvalue weighted by Crippen LogP contribution is 2.23. The fourth-order valence-corrected chi connectivity index (χ4v) is 3.84. The van der Waals surface area contributed by atoms with Gasteiger partial charge in [-0.05, 0) is 42.1 Å². The molecule has 0 aliphatic carbocycles. The number of methoxy groups -OCH3 is 1. The van der Waals surface area contributed by atoms with Gasteiger partial charge in [0.1, 0.15) is 5.75 Å². The van der Waals surface area contributed by atoms with Crippen molar-refractivity contribution in [2.75, 3.05) is 20.7 Å². The van der Waals surface area contributed by atoms with E-state index in [9.17, 15) is 13.2 Å². The summed E-state index contributed by atoms with van der Waals surface area (Å²) < 4.78 is 31.2. The number of carbonyl (C=O) groups is 1. The van der Waals surface area contributed by atoms with E-state index in [0.717, 1.165) is 9.18 Å². The van der Waals surface area contributed by atoms with Crippen LogP contribution in [0, 0.1) is 6.92 Å². The van der Waals surface area contributed by atoms with Crippen molar-refractivity contribution in [3.8, 4) is 5.75 Å². The zero-order valence-corrected chi connectivity index (χ0v) is 15.7. The number of nitrogens with zero attached hydrogens (tertiary/aromatic N) is 2. The Labute approximate surface area is 151 Å². The van der Waals surface area contributed by atoms with Crippen LogP contribution in [0.4, 0.5) is 0 Å². The number of nitrogens with one attached hydrogen (secondary N) is 1. The van der Waals surface area contributed by atoms with E-state index in [4.69, 9.17) is 4.74 Å². The molecule has 134 valence electrons. The van der Waals surface area contributed by atoms with E-state index in [-0.39, 0.29) is 11.4 Å². The number of hydrogen-bond acceptors (Lipinski definition) is 6. The monoisotopic (exact) mass is 381 g/mol. The number of thiophene rings is 1. The van der Waals surface area contributed by atoms with Gasteiger partial charge in [-0.25, -0.2) is 13.8 Å². The maximum atomic E-state index is 12.5. The van der Waals surface area contributed by atoms with Crippen molar-refractivity contribution < 1.29 is 17.9 Å². The first-order chi connectivity index (χ1) is 11.8. The second-order valence-corrected chi connectivity index (χ2v) is 8.23. The average molecular weight is 381 g/mol. The van der Waals surface area contributed by atoms with Crippen molar-refractivity contribution in [1.82, 2.24) is 9.73 Å². The van der Waals surface area contributed by atoms with E-state index in [1.54, 1.807) is 13.0 Å². The Morgan fingerprint density at radius 1 is 1.40 bits per heavy atom. The molecule has 2 rings (SSSR count). The van der Waals surface area contributed by atoms with Crippen LogP contribution in [0.5, 0.6) is 5.75 Å². The quantitative estimate of drug-likeness (QED) is 0.585. The minimum atomic E-state index is -3.78. The molecule has 0 atom stereocenters. The van der Waals surface area contributed by atoms with E-state index in [1.165, 1.54) is 43.8 Å². The van der Waals surface area contributed by atoms with Crippen LogP contribution < -0.4 is 10.2 Å². The van der Waals surface area contributed by atoms with E-state index >= 15 is 0 Å². The summed E-state index contributed by atoms with van der Waals surface area (Å²) in [6, 6.07) is 8.26. The first kappa shape index (κ1) is 19.1. The number of aryl methyl sites for hydroxylation is 1. The highest BCUT2D eigenvalue weighted by atomic mass is 32.2. The van der Waals surface area contributed by atoms with E-state index in [0.29, 0.717) is 11.3 Å². The number of hydrogen-bond donors (Lipinski definition) is 1. The first-order valence-corrected chi connectivity index (χ1v) is 9.63. The Balaban J connectivity index is 2.01. The van der Waals surface area contributed by atoms with Crippen molar-refractivity contribution >= 4 is 33.5 Å². The minimum absolute atomic E-state index is 0.100. The highest BCUT2D eigenvalue weighted by molar-refractivity contribution is 7.89. The molecular formula is C16H19N3O4S2. The number of benzene rings is 1. The summed E-state index contributed by atoms with van der Waals surface area (Å²) in [6.45, 7) is 1.42. The summed E-state index contributed by atoms with van der Waals surface area (Å²) in [4.78, 5) is 12.9. The third kappa shape index (κ3) is 4.88. The molecule has 9 heteroatoms. The molecule has 1 aromatic heterocycles. The van der Waals surface area contributed by atoms with Gasteiger partial charge in [0.25, 0.3) is 5.91 Å². The topological polar surface area (TPSA) is 88.1 Å². The van der Waals surface area contributed by atoms with Crippen LogP contribution in [0.15, 0.2) is 45.7 Å². The van der Waals surface area contributed by atoms with Crippen LogP contribution in [-0.4, -0.2) is 45.5 Å². The fourth-order valence-electron chi connectivity index (χ4n) is 2.05. The molecule has 0 aliphatic heterocycles. The molecule has 0 unspecified atom stereocenters. The Morgan fingerprint density at radius 2 is 2.16 bits per heavy atom. The van der Waals surface area contributed by atoms with Crippen molar-refractivity contribution in [1.29, 1.82) is 0 Å². The highest BCUT2D eigenvalue weighted by Gasteiger charge is 2.23. The van der Waals surface area contributed by atoms with Crippen molar-refractivity contribution in [2.45, 2.75) is 11.8 Å². The zero-order valence-electron chi connectivity index (χ0n) is 14.1. The van der Waals surface area contributed by atoms with Gasteiger partial charge in [-0.15, -0.1) is 11.3 Å². The lowest BCUT2D eigenvalue weighted by atomic mass is 10.2. The lowest BCUT2D eigenvalue weighted by Gasteiger charge is -2.17. The lowest BCUT2D eigenvalue weighted by Crippen LogP contribution is -2.36. The predicted molar refractivity (Wildman–Crippen MR) is 97.6 cm³/mol. The van der Waals surface area contributed by atoms with Gasteiger partial charge in [-0.2, -0.15) is 9.41 Å². The Bertz CT molecular complexity index is 862. The van der Waals surface area contributed by atoms with Crippen molar-refractivity contribution in [3.05, 3.63) is 46.2 Å². The minimum Gasteiger partial charge on any atom is -0.496 e. The van der Waals surface area contributed by atoms with Crippen LogP contribution in [0.1, 0.15) is 10.4 Å². The molecule has 1 heterocycles. The molecule has 7 nitrogen and oxygen atoms in total. The SMILES string of the molecule is COc1ccc(S(=O)(=O)N(C)CC(=O)NN=Cc2cccs2)cc1C. The van der Waals surface area contributed by atoms with Gasteiger partial charge in [0, 0.05) is 11.9 Å². The fraction of sp³-hybridized carbons (Fsp3) is 0.250. The third-order valence-corrected chi connectivity index (χ3v) is 5.97. The van der Waals surface area contributed by atoms with Gasteiger partial charge in [-0.3, -0.25) is 4.79 Å². The summed E-state index contributed by atoms with van der Waals surface area (Å²) in [7, 11) is -0.920. The smallest absolute Gasteiger partial charge is 0.255 e. The molecule has 0 spiro atoms. The van der Waals surface area contributed by atoms with Gasteiger partial charge in [0.15, 0.2) is 0 Å². The number of hydrazone groups is 1. The number of ether oxygens (including phenoxy) is 1. The molecule has 0 aliphatic rings. The van der Waals surface area contributed by atoms with E-state index < -0.39 is 15.9 Å². The van der Waals surface area contributed by atoms with Gasteiger partial charge in [-0.1, -0.05) is 6.07 Å². The van der Waals surface area contributed by atoms with Gasteiger partial charge < -0.3 is 4.74 Å². The largest absolute Gasteiger partial charge is 0.496 e. The molecular weight excluding hydrogens is 362 g/mol. The third-order valence-electron chi connectivity index (χ3n) is 3.36. The standard InChI is InChI=1S/C16H19N3O4S2/c1-12-9-14(6-7-15(12)23-3)25(21,22)19(2)11-16(20)18-17-10-13-5-4-8-24-13/h4-10H,11H2,1-3H3,(H,18,20). The molecule has 1 amide bonds. The number of amides is 1. The Hall–Kier alpha value is -2.23. The van der Waals surface area contributed by atoms with E-state index in [1.807, 2.05) is 17.5 Å². The summed E-state index contributed by atoms with van der Waals surface area (Å²) in [5, 5.41) is 5.70. The second-order valence-electron chi connectivity index (χ2n) is 5.20. The van der Waals surface area contributed by atoms with Crippen LogP contribution in [-0.2, 0) is 14.8 Å². The van der Waals surface area contributed by atoms with Crippen LogP contribution in [0.25, 0.3) is 0 Å². The number of sulfonamides is 1. The van der Waals surface area contributed by atoms with Crippen LogP contribution >= 0.6 is 11.3 Å². The molecule has 25 heavy (non-hydrogen) atoms. The van der Waals surface area contributed by atoms with Gasteiger partial charge >= 0.3 is 0 Å². The van der Waals surface area contributed by atoms with E-state index in [2.05, 4.69) is 10.5 Å². The second kappa shape index (κ2) is 8.24. The number of likely N-dealkylation sites (N-methyl/N-ethyl adjacent to an activating group) is 1. The average Bonchev–Trinajstić information content (AvgIpc) is 3.08. The van der Waals surface area contributed by atoms with Crippen LogP contribution in [0.3, 0.4) is 0 Å². The van der Waals surface area contributed by atoms with Gasteiger partial charge in [0.2, 0.25) is 10.0 Å². The van der Waals surface area contributed by atoms with Gasteiger partial charge in [0.05, 0.1) is 24.8 Å². The normalized spacial score (nSPS) is 11.8. The molecule has 0 radical (unpaired) electrons. The molecule has 0 saturated carbocycles. The first-order valence-electron chi connectivity index (χ1n) is 7.31. The summed E-state index contributed by atoms with van der Waals surface area (Å²) >= 11 is 1.48. The Morgan fingerprint density at radius 3 is 2.76 bits per heavy atom. The summed E-state index contributed by atoms with van der Waals surface area (Å²) in [6.07, 6.45) is 1.50. The number of rotatable bonds is 7. The molecule has 0 bridgehead atoms. The maximum absolute atomic E-state index is 12.5. The molecule has 0 fully saturated rings. The molecule has 2 aromatic rings. The van der Waals surface area contributed by atoms with Crippen molar-refractivity contribution in [2.24, 2.45) is 5.10 Å². The maximum Gasteiger partial charge on any atom is 0.255 e. The lowest BCUT2D eigenvalue weighted by molar-refractivity contribution is -0.121. The molecule has 1 N–H and O–H groups in total. The zero-order chi connectivity index (χ0) is 18.4. The molecule has 0 saturated heterocycles. The van der Waals surface area contributed by atoms with Crippen molar-refractivity contribution in [3.63, 3.8) is 0 Å². The molecule has 1 aromatic carbocycles.